The highest BCUT2D eigenvalue weighted by molar-refractivity contribution is 9.10. The predicted molar refractivity (Wildman–Crippen MR) is 91.3 cm³/mol. The van der Waals surface area contributed by atoms with Crippen molar-refractivity contribution >= 4 is 27.5 Å². The van der Waals surface area contributed by atoms with Gasteiger partial charge in [-0.15, -0.1) is 0 Å². The summed E-state index contributed by atoms with van der Waals surface area (Å²) in [6.45, 7) is 5.66. The molecule has 0 saturated heterocycles. The van der Waals surface area contributed by atoms with Gasteiger partial charge in [0.05, 0.1) is 0 Å². The van der Waals surface area contributed by atoms with Crippen molar-refractivity contribution in [3.05, 3.63) is 33.3 Å². The van der Waals surface area contributed by atoms with E-state index < -0.39 is 0 Å². The van der Waals surface area contributed by atoms with Crippen LogP contribution in [-0.2, 0) is 0 Å². The van der Waals surface area contributed by atoms with Gasteiger partial charge in [-0.1, -0.05) is 54.2 Å². The Balaban J connectivity index is 2.20. The average molecular weight is 359 g/mol. The topological polar surface area (TPSA) is 12.0 Å². The van der Waals surface area contributed by atoms with Gasteiger partial charge in [0.1, 0.15) is 0 Å². The Morgan fingerprint density at radius 3 is 2.65 bits per heavy atom. The molecule has 1 aliphatic carbocycles. The van der Waals surface area contributed by atoms with Crippen molar-refractivity contribution in [2.75, 3.05) is 6.54 Å². The van der Waals surface area contributed by atoms with Gasteiger partial charge in [-0.3, -0.25) is 0 Å². The SMILES string of the molecule is CCCNC(c1cc(Cl)ccc1Br)C1CCC(C)CC1. The summed E-state index contributed by atoms with van der Waals surface area (Å²) in [6.07, 6.45) is 6.52. The van der Waals surface area contributed by atoms with E-state index in [1.165, 1.54) is 35.7 Å². The van der Waals surface area contributed by atoms with Crippen LogP contribution in [0.1, 0.15) is 57.6 Å². The van der Waals surface area contributed by atoms with Crippen LogP contribution in [0.15, 0.2) is 22.7 Å². The van der Waals surface area contributed by atoms with E-state index in [-0.39, 0.29) is 0 Å². The van der Waals surface area contributed by atoms with Gasteiger partial charge in [-0.2, -0.15) is 0 Å². The van der Waals surface area contributed by atoms with Crippen molar-refractivity contribution in [3.8, 4) is 0 Å². The molecule has 2 rings (SSSR count). The molecular weight excluding hydrogens is 334 g/mol. The maximum atomic E-state index is 6.21. The first-order valence-corrected chi connectivity index (χ1v) is 8.97. The second-order valence-electron chi connectivity index (χ2n) is 6.12. The molecule has 1 aromatic carbocycles. The van der Waals surface area contributed by atoms with E-state index in [0.29, 0.717) is 6.04 Å². The molecule has 3 heteroatoms. The summed E-state index contributed by atoms with van der Waals surface area (Å²) >= 11 is 9.91. The quantitative estimate of drug-likeness (QED) is 0.683. The van der Waals surface area contributed by atoms with E-state index in [9.17, 15) is 0 Å². The lowest BCUT2D eigenvalue weighted by Gasteiger charge is -2.34. The van der Waals surface area contributed by atoms with Crippen LogP contribution < -0.4 is 5.32 Å². The fraction of sp³-hybridized carbons (Fsp3) is 0.647. The summed E-state index contributed by atoms with van der Waals surface area (Å²) in [5.74, 6) is 1.62. The molecule has 20 heavy (non-hydrogen) atoms. The molecule has 0 aromatic heterocycles. The third-order valence-electron chi connectivity index (χ3n) is 4.44. The second kappa shape index (κ2) is 7.82. The van der Waals surface area contributed by atoms with Gasteiger partial charge < -0.3 is 5.32 Å². The molecule has 1 unspecified atom stereocenters. The molecule has 1 fully saturated rings. The van der Waals surface area contributed by atoms with Gasteiger partial charge in [-0.05, 0) is 61.4 Å². The van der Waals surface area contributed by atoms with Gasteiger partial charge in [0.25, 0.3) is 0 Å². The zero-order chi connectivity index (χ0) is 14.5. The third kappa shape index (κ3) is 4.22. The Labute approximate surface area is 136 Å². The maximum Gasteiger partial charge on any atom is 0.0410 e. The van der Waals surface area contributed by atoms with Crippen molar-refractivity contribution < 1.29 is 0 Å². The molecule has 1 aliphatic rings. The first-order valence-electron chi connectivity index (χ1n) is 7.80. The van der Waals surface area contributed by atoms with Crippen molar-refractivity contribution in [2.45, 2.75) is 52.0 Å². The minimum atomic E-state index is 0.426. The van der Waals surface area contributed by atoms with Crippen LogP contribution in [-0.4, -0.2) is 6.54 Å². The highest BCUT2D eigenvalue weighted by atomic mass is 79.9. The van der Waals surface area contributed by atoms with E-state index in [2.05, 4.69) is 47.2 Å². The number of rotatable bonds is 5. The molecule has 1 aromatic rings. The van der Waals surface area contributed by atoms with Gasteiger partial charge in [-0.25, -0.2) is 0 Å². The monoisotopic (exact) mass is 357 g/mol. The van der Waals surface area contributed by atoms with E-state index >= 15 is 0 Å². The molecular formula is C17H25BrClN. The molecule has 0 heterocycles. The largest absolute Gasteiger partial charge is 0.310 e. The zero-order valence-corrected chi connectivity index (χ0v) is 14.8. The van der Waals surface area contributed by atoms with E-state index in [1.54, 1.807) is 0 Å². The highest BCUT2D eigenvalue weighted by Crippen LogP contribution is 2.39. The third-order valence-corrected chi connectivity index (χ3v) is 5.40. The van der Waals surface area contributed by atoms with Crippen molar-refractivity contribution in [2.24, 2.45) is 11.8 Å². The van der Waals surface area contributed by atoms with Crippen LogP contribution in [0.3, 0.4) is 0 Å². The summed E-state index contributed by atoms with van der Waals surface area (Å²) in [5, 5.41) is 4.58. The normalized spacial score (nSPS) is 24.6. The molecule has 0 aliphatic heterocycles. The maximum absolute atomic E-state index is 6.21. The zero-order valence-electron chi connectivity index (χ0n) is 12.5. The minimum absolute atomic E-state index is 0.426. The van der Waals surface area contributed by atoms with Crippen LogP contribution in [0.4, 0.5) is 0 Å². The van der Waals surface area contributed by atoms with Crippen LogP contribution in [0.25, 0.3) is 0 Å². The van der Waals surface area contributed by atoms with Crippen molar-refractivity contribution in [3.63, 3.8) is 0 Å². The lowest BCUT2D eigenvalue weighted by Crippen LogP contribution is -2.31. The smallest absolute Gasteiger partial charge is 0.0410 e. The van der Waals surface area contributed by atoms with Crippen molar-refractivity contribution in [1.82, 2.24) is 5.32 Å². The van der Waals surface area contributed by atoms with Gasteiger partial charge >= 0.3 is 0 Å². The lowest BCUT2D eigenvalue weighted by atomic mass is 9.77. The number of nitrogens with one attached hydrogen (secondary N) is 1. The molecule has 1 saturated carbocycles. The Bertz CT molecular complexity index is 427. The number of halogens is 2. The number of hydrogen-bond donors (Lipinski definition) is 1. The molecule has 1 nitrogen and oxygen atoms in total. The van der Waals surface area contributed by atoms with Crippen LogP contribution in [0, 0.1) is 11.8 Å². The molecule has 112 valence electrons. The first-order chi connectivity index (χ1) is 9.61. The van der Waals surface area contributed by atoms with E-state index in [1.807, 2.05) is 6.07 Å². The van der Waals surface area contributed by atoms with E-state index in [0.717, 1.165) is 29.8 Å². The molecule has 0 spiro atoms. The fourth-order valence-corrected chi connectivity index (χ4v) is 3.88. The molecule has 0 bridgehead atoms. The van der Waals surface area contributed by atoms with Gasteiger partial charge in [0.15, 0.2) is 0 Å². The summed E-state index contributed by atoms with van der Waals surface area (Å²) < 4.78 is 1.18. The standard InChI is InChI=1S/C17H25BrClN/c1-3-10-20-17(13-6-4-12(2)5-7-13)15-11-14(19)8-9-16(15)18/h8-9,11-13,17,20H,3-7,10H2,1-2H3. The molecule has 0 radical (unpaired) electrons. The van der Waals surface area contributed by atoms with E-state index in [4.69, 9.17) is 11.6 Å². The lowest BCUT2D eigenvalue weighted by molar-refractivity contribution is 0.231. The Morgan fingerprint density at radius 2 is 2.00 bits per heavy atom. The predicted octanol–water partition coefficient (Wildman–Crippen LogP) is 5.97. The van der Waals surface area contributed by atoms with Crippen LogP contribution in [0.2, 0.25) is 5.02 Å². The molecule has 0 amide bonds. The Morgan fingerprint density at radius 1 is 1.30 bits per heavy atom. The van der Waals surface area contributed by atoms with Gasteiger partial charge in [0, 0.05) is 15.5 Å². The molecule has 1 N–H and O–H groups in total. The second-order valence-corrected chi connectivity index (χ2v) is 7.41. The Kier molecular flexibility index (Phi) is 6.38. The van der Waals surface area contributed by atoms with Crippen LogP contribution >= 0.6 is 27.5 Å². The highest BCUT2D eigenvalue weighted by Gasteiger charge is 2.28. The summed E-state index contributed by atoms with van der Waals surface area (Å²) in [4.78, 5) is 0. The average Bonchev–Trinajstić information content (AvgIpc) is 2.44. The summed E-state index contributed by atoms with van der Waals surface area (Å²) in [7, 11) is 0. The van der Waals surface area contributed by atoms with Gasteiger partial charge in [0.2, 0.25) is 0 Å². The summed E-state index contributed by atoms with van der Waals surface area (Å²) in [6, 6.07) is 6.57. The minimum Gasteiger partial charge on any atom is -0.310 e. The van der Waals surface area contributed by atoms with Crippen molar-refractivity contribution in [1.29, 1.82) is 0 Å². The number of benzene rings is 1. The Hall–Kier alpha value is -0.0500. The first kappa shape index (κ1) is 16.3. The number of hydrogen-bond acceptors (Lipinski definition) is 1. The summed E-state index contributed by atoms with van der Waals surface area (Å²) in [5.41, 5.74) is 1.32. The molecule has 1 atom stereocenters. The fourth-order valence-electron chi connectivity index (χ4n) is 3.20. The van der Waals surface area contributed by atoms with Crippen LogP contribution in [0.5, 0.6) is 0 Å².